The maximum atomic E-state index is 12.9. The van der Waals surface area contributed by atoms with E-state index in [1.54, 1.807) is 10.6 Å². The molecule has 0 aromatic carbocycles. The van der Waals surface area contributed by atoms with Crippen molar-refractivity contribution in [1.29, 1.82) is 0 Å². The van der Waals surface area contributed by atoms with Crippen LogP contribution in [0.25, 0.3) is 5.52 Å². The van der Waals surface area contributed by atoms with Gasteiger partial charge in [-0.15, -0.1) is 0 Å². The molecule has 1 aliphatic heterocycles. The third-order valence-corrected chi connectivity index (χ3v) is 6.58. The summed E-state index contributed by atoms with van der Waals surface area (Å²) >= 11 is 0. The summed E-state index contributed by atoms with van der Waals surface area (Å²) in [5.74, 6) is 1.26. The maximum absolute atomic E-state index is 12.9. The van der Waals surface area contributed by atoms with Crippen molar-refractivity contribution in [3.05, 3.63) is 59.8 Å². The molecule has 1 amide bonds. The summed E-state index contributed by atoms with van der Waals surface area (Å²) in [5.41, 5.74) is 2.54. The van der Waals surface area contributed by atoms with Crippen LogP contribution in [0.4, 0.5) is 5.82 Å². The van der Waals surface area contributed by atoms with Crippen LogP contribution in [0.5, 0.6) is 0 Å². The SMILES string of the molecule is Cc1cccnc1NC(=O)c1nc(CN2CCS(O)(O)CC2)c2ccccn12. The standard InChI is InChI=1S/C19H23N5O3S/c1-14-5-4-7-20-17(14)22-19(25)18-21-15(16-6-2-3-8-24(16)18)13-23-9-11-28(26,27)12-10-23/h2-8,26-27H,9-13H2,1H3,(H,20,22,25). The number of pyridine rings is 2. The number of nitrogens with zero attached hydrogens (tertiary/aromatic N) is 4. The molecule has 0 bridgehead atoms. The highest BCUT2D eigenvalue weighted by atomic mass is 32.3. The lowest BCUT2D eigenvalue weighted by atomic mass is 10.3. The number of fused-ring (bicyclic) bond motifs is 1. The highest BCUT2D eigenvalue weighted by Crippen LogP contribution is 2.40. The number of aryl methyl sites for hydroxylation is 1. The smallest absolute Gasteiger partial charge is 0.293 e. The molecule has 1 fully saturated rings. The third kappa shape index (κ3) is 3.88. The first-order chi connectivity index (χ1) is 13.4. The van der Waals surface area contributed by atoms with Crippen molar-refractivity contribution in [1.82, 2.24) is 19.3 Å². The van der Waals surface area contributed by atoms with E-state index in [1.165, 1.54) is 0 Å². The van der Waals surface area contributed by atoms with Gasteiger partial charge >= 0.3 is 0 Å². The van der Waals surface area contributed by atoms with Gasteiger partial charge in [0.25, 0.3) is 5.91 Å². The number of carbonyl (C=O) groups excluding carboxylic acids is 1. The monoisotopic (exact) mass is 401 g/mol. The van der Waals surface area contributed by atoms with Crippen LogP contribution in [-0.2, 0) is 6.54 Å². The van der Waals surface area contributed by atoms with Crippen molar-refractivity contribution in [3.63, 3.8) is 0 Å². The van der Waals surface area contributed by atoms with Gasteiger partial charge in [-0.2, -0.15) is 10.6 Å². The van der Waals surface area contributed by atoms with E-state index < -0.39 is 10.6 Å². The summed E-state index contributed by atoms with van der Waals surface area (Å²) in [5, 5.41) is 2.84. The van der Waals surface area contributed by atoms with Gasteiger partial charge in [-0.1, -0.05) is 12.1 Å². The zero-order valence-electron chi connectivity index (χ0n) is 15.6. The Balaban J connectivity index is 1.60. The second-order valence-electron chi connectivity index (χ2n) is 6.95. The molecule has 0 atom stereocenters. The van der Waals surface area contributed by atoms with Gasteiger partial charge in [0.05, 0.1) is 22.7 Å². The van der Waals surface area contributed by atoms with E-state index in [0.717, 1.165) is 16.8 Å². The number of hydrogen-bond acceptors (Lipinski definition) is 6. The van der Waals surface area contributed by atoms with Gasteiger partial charge in [0.2, 0.25) is 5.82 Å². The van der Waals surface area contributed by atoms with Gasteiger partial charge in [0.1, 0.15) is 5.82 Å². The molecular formula is C19H23N5O3S. The van der Waals surface area contributed by atoms with Crippen LogP contribution >= 0.6 is 10.6 Å². The van der Waals surface area contributed by atoms with E-state index >= 15 is 0 Å². The van der Waals surface area contributed by atoms with Crippen LogP contribution in [0.2, 0.25) is 0 Å². The highest BCUT2D eigenvalue weighted by molar-refractivity contribution is 8.24. The van der Waals surface area contributed by atoms with E-state index in [4.69, 9.17) is 0 Å². The van der Waals surface area contributed by atoms with Crippen molar-refractivity contribution < 1.29 is 13.9 Å². The Hall–Kier alpha value is -2.46. The largest absolute Gasteiger partial charge is 0.304 e. The fraction of sp³-hybridized carbons (Fsp3) is 0.316. The van der Waals surface area contributed by atoms with E-state index in [1.807, 2.05) is 43.5 Å². The van der Waals surface area contributed by atoms with Crippen molar-refractivity contribution in [3.8, 4) is 0 Å². The first-order valence-electron chi connectivity index (χ1n) is 9.08. The molecule has 0 radical (unpaired) electrons. The van der Waals surface area contributed by atoms with Crippen LogP contribution in [0.15, 0.2) is 42.7 Å². The Kier molecular flexibility index (Phi) is 5.07. The number of carbonyl (C=O) groups is 1. The maximum Gasteiger partial charge on any atom is 0.293 e. The molecule has 3 aromatic rings. The molecule has 148 valence electrons. The normalized spacial score (nSPS) is 18.1. The topological polar surface area (TPSA) is 103 Å². The lowest BCUT2D eigenvalue weighted by molar-refractivity contribution is 0.101. The minimum absolute atomic E-state index is 0.303. The van der Waals surface area contributed by atoms with Crippen LogP contribution in [0, 0.1) is 6.92 Å². The lowest BCUT2D eigenvalue weighted by Gasteiger charge is -2.40. The fourth-order valence-electron chi connectivity index (χ4n) is 3.29. The average molecular weight is 401 g/mol. The average Bonchev–Trinajstić information content (AvgIpc) is 3.04. The quantitative estimate of drug-likeness (QED) is 0.621. The van der Waals surface area contributed by atoms with Crippen LogP contribution < -0.4 is 5.32 Å². The van der Waals surface area contributed by atoms with E-state index in [2.05, 4.69) is 20.2 Å². The van der Waals surface area contributed by atoms with Gasteiger partial charge in [-0.3, -0.25) is 23.2 Å². The molecule has 0 spiro atoms. The number of rotatable bonds is 4. The number of amides is 1. The molecule has 28 heavy (non-hydrogen) atoms. The first-order valence-corrected chi connectivity index (χ1v) is 11.0. The summed E-state index contributed by atoms with van der Waals surface area (Å²) in [7, 11) is -2.44. The Labute approximate surface area is 164 Å². The highest BCUT2D eigenvalue weighted by Gasteiger charge is 2.25. The summed E-state index contributed by atoms with van der Waals surface area (Å²) in [4.78, 5) is 23.8. The second-order valence-corrected chi connectivity index (χ2v) is 9.37. The summed E-state index contributed by atoms with van der Waals surface area (Å²) in [6.45, 7) is 3.64. The second kappa shape index (κ2) is 7.51. The molecule has 0 aliphatic carbocycles. The summed E-state index contributed by atoms with van der Waals surface area (Å²) in [6, 6.07) is 9.41. The minimum atomic E-state index is -2.44. The predicted molar refractivity (Wildman–Crippen MR) is 110 cm³/mol. The van der Waals surface area contributed by atoms with Crippen LogP contribution in [0.3, 0.4) is 0 Å². The van der Waals surface area contributed by atoms with Crippen molar-refractivity contribution in [2.24, 2.45) is 0 Å². The summed E-state index contributed by atoms with van der Waals surface area (Å²) < 4.78 is 21.4. The zero-order chi connectivity index (χ0) is 19.7. The molecule has 3 N–H and O–H groups in total. The first kappa shape index (κ1) is 18.9. The molecular weight excluding hydrogens is 378 g/mol. The fourth-order valence-corrected chi connectivity index (χ4v) is 4.60. The van der Waals surface area contributed by atoms with Gasteiger partial charge < -0.3 is 5.32 Å². The van der Waals surface area contributed by atoms with Crippen molar-refractivity contribution in [2.75, 3.05) is 29.9 Å². The molecule has 3 aromatic heterocycles. The molecule has 0 saturated carbocycles. The zero-order valence-corrected chi connectivity index (χ0v) is 16.4. The third-order valence-electron chi connectivity index (χ3n) is 4.91. The van der Waals surface area contributed by atoms with Gasteiger partial charge in [0.15, 0.2) is 0 Å². The molecule has 1 aliphatic rings. The van der Waals surface area contributed by atoms with E-state index in [0.29, 0.717) is 42.8 Å². The van der Waals surface area contributed by atoms with Crippen molar-refractivity contribution in [2.45, 2.75) is 13.5 Å². The molecule has 8 nitrogen and oxygen atoms in total. The molecule has 4 heterocycles. The Morgan fingerprint density at radius 1 is 1.21 bits per heavy atom. The van der Waals surface area contributed by atoms with Crippen LogP contribution in [-0.4, -0.2) is 58.9 Å². The number of imidazole rings is 1. The predicted octanol–water partition coefficient (Wildman–Crippen LogP) is 2.86. The van der Waals surface area contributed by atoms with Gasteiger partial charge in [-0.05, 0) is 30.7 Å². The Morgan fingerprint density at radius 3 is 2.75 bits per heavy atom. The number of aromatic nitrogens is 3. The summed E-state index contributed by atoms with van der Waals surface area (Å²) in [6.07, 6.45) is 3.46. The molecule has 1 saturated heterocycles. The Morgan fingerprint density at radius 2 is 2.00 bits per heavy atom. The molecule has 4 rings (SSSR count). The number of hydrogen-bond donors (Lipinski definition) is 3. The van der Waals surface area contributed by atoms with Gasteiger partial charge in [0, 0.05) is 32.0 Å². The molecule has 9 heteroatoms. The van der Waals surface area contributed by atoms with Crippen LogP contribution in [0.1, 0.15) is 21.9 Å². The van der Waals surface area contributed by atoms with Crippen molar-refractivity contribution >= 4 is 27.8 Å². The lowest BCUT2D eigenvalue weighted by Crippen LogP contribution is -2.37. The van der Waals surface area contributed by atoms with E-state index in [-0.39, 0.29) is 5.91 Å². The minimum Gasteiger partial charge on any atom is -0.304 e. The Bertz CT molecular complexity index is 1010. The number of anilines is 1. The molecule has 0 unspecified atom stereocenters. The van der Waals surface area contributed by atoms with Gasteiger partial charge in [-0.25, -0.2) is 9.97 Å². The number of nitrogens with one attached hydrogen (secondary N) is 1. The van der Waals surface area contributed by atoms with E-state index in [9.17, 15) is 13.9 Å².